The van der Waals surface area contributed by atoms with Gasteiger partial charge in [-0.25, -0.2) is 14.8 Å². The molecule has 1 N–H and O–H groups in total. The van der Waals surface area contributed by atoms with E-state index >= 15 is 0 Å². The van der Waals surface area contributed by atoms with Crippen LogP contribution in [0.5, 0.6) is 5.75 Å². The predicted octanol–water partition coefficient (Wildman–Crippen LogP) is 2.64. The first-order valence-corrected chi connectivity index (χ1v) is 9.31. The number of carbonyl (C=O) groups is 1. The molecule has 0 bridgehead atoms. The Morgan fingerprint density at radius 2 is 1.96 bits per heavy atom. The summed E-state index contributed by atoms with van der Waals surface area (Å²) in [4.78, 5) is 25.1. The number of aromatic nitrogens is 2. The van der Waals surface area contributed by atoms with Crippen molar-refractivity contribution in [2.75, 3.05) is 44.7 Å². The molecule has 1 aliphatic heterocycles. The lowest BCUT2D eigenvalue weighted by Gasteiger charge is -2.35. The van der Waals surface area contributed by atoms with E-state index in [1.54, 1.807) is 13.4 Å². The molecule has 27 heavy (non-hydrogen) atoms. The maximum absolute atomic E-state index is 12.2. The van der Waals surface area contributed by atoms with Crippen LogP contribution in [0.25, 0.3) is 11.3 Å². The van der Waals surface area contributed by atoms with Gasteiger partial charge in [0.1, 0.15) is 17.9 Å². The van der Waals surface area contributed by atoms with Crippen molar-refractivity contribution in [2.45, 2.75) is 13.8 Å². The second kappa shape index (κ2) is 8.70. The SMILES string of the molecule is COc1cccc(-c2cc(N3CCN(C(=O)NCC(C)C)CC3)ncn2)c1. The molecular formula is C20H27N5O2. The summed E-state index contributed by atoms with van der Waals surface area (Å²) < 4.78 is 5.29. The van der Waals surface area contributed by atoms with E-state index < -0.39 is 0 Å². The van der Waals surface area contributed by atoms with Crippen LogP contribution in [0.15, 0.2) is 36.7 Å². The normalized spacial score (nSPS) is 14.4. The summed E-state index contributed by atoms with van der Waals surface area (Å²) in [7, 11) is 1.65. The van der Waals surface area contributed by atoms with E-state index in [9.17, 15) is 4.79 Å². The smallest absolute Gasteiger partial charge is 0.317 e. The second-order valence-electron chi connectivity index (χ2n) is 7.05. The van der Waals surface area contributed by atoms with Crippen LogP contribution < -0.4 is 15.0 Å². The Bertz CT molecular complexity index is 772. The lowest BCUT2D eigenvalue weighted by Crippen LogP contribution is -2.52. The Hall–Kier alpha value is -2.83. The number of urea groups is 1. The number of ether oxygens (including phenoxy) is 1. The highest BCUT2D eigenvalue weighted by Gasteiger charge is 2.22. The number of hydrogen-bond donors (Lipinski definition) is 1. The number of hydrogen-bond acceptors (Lipinski definition) is 5. The molecule has 1 aliphatic rings. The van der Waals surface area contributed by atoms with Gasteiger partial charge in [0.05, 0.1) is 12.8 Å². The summed E-state index contributed by atoms with van der Waals surface area (Å²) in [6.45, 7) is 7.76. The van der Waals surface area contributed by atoms with E-state index in [1.165, 1.54) is 0 Å². The van der Waals surface area contributed by atoms with Gasteiger partial charge in [0.25, 0.3) is 0 Å². The topological polar surface area (TPSA) is 70.6 Å². The van der Waals surface area contributed by atoms with Gasteiger partial charge in [0, 0.05) is 44.4 Å². The minimum Gasteiger partial charge on any atom is -0.497 e. The molecule has 0 spiro atoms. The highest BCUT2D eigenvalue weighted by Crippen LogP contribution is 2.24. The monoisotopic (exact) mass is 369 g/mol. The standard InChI is InChI=1S/C20H27N5O2/c1-15(2)13-21-20(26)25-9-7-24(8-10-25)19-12-18(22-14-23-19)16-5-4-6-17(11-16)27-3/h4-6,11-12,14-15H,7-10,13H2,1-3H3,(H,21,26). The molecule has 3 rings (SSSR count). The summed E-state index contributed by atoms with van der Waals surface area (Å²) in [6.07, 6.45) is 1.59. The van der Waals surface area contributed by atoms with E-state index in [0.717, 1.165) is 35.9 Å². The highest BCUT2D eigenvalue weighted by molar-refractivity contribution is 5.74. The number of anilines is 1. The van der Waals surface area contributed by atoms with Crippen LogP contribution in [0.2, 0.25) is 0 Å². The van der Waals surface area contributed by atoms with E-state index in [1.807, 2.05) is 35.2 Å². The van der Waals surface area contributed by atoms with Crippen molar-refractivity contribution in [1.82, 2.24) is 20.2 Å². The first-order valence-electron chi connectivity index (χ1n) is 9.31. The average molecular weight is 369 g/mol. The third-order valence-electron chi connectivity index (χ3n) is 4.57. The zero-order chi connectivity index (χ0) is 19.2. The van der Waals surface area contributed by atoms with Crippen LogP contribution in [0, 0.1) is 5.92 Å². The molecule has 2 amide bonds. The molecular weight excluding hydrogens is 342 g/mol. The predicted molar refractivity (Wildman–Crippen MR) is 106 cm³/mol. The Morgan fingerprint density at radius 1 is 1.19 bits per heavy atom. The van der Waals surface area contributed by atoms with Crippen LogP contribution in [-0.2, 0) is 0 Å². The van der Waals surface area contributed by atoms with Crippen molar-refractivity contribution < 1.29 is 9.53 Å². The minimum absolute atomic E-state index is 0.0168. The van der Waals surface area contributed by atoms with Crippen molar-refractivity contribution in [2.24, 2.45) is 5.92 Å². The van der Waals surface area contributed by atoms with Crippen LogP contribution in [0.3, 0.4) is 0 Å². The molecule has 0 radical (unpaired) electrons. The van der Waals surface area contributed by atoms with Crippen molar-refractivity contribution in [3.63, 3.8) is 0 Å². The Balaban J connectivity index is 1.64. The van der Waals surface area contributed by atoms with Crippen LogP contribution in [0.1, 0.15) is 13.8 Å². The molecule has 0 saturated carbocycles. The zero-order valence-corrected chi connectivity index (χ0v) is 16.2. The van der Waals surface area contributed by atoms with E-state index in [2.05, 4.69) is 34.0 Å². The molecule has 1 aromatic heterocycles. The molecule has 7 nitrogen and oxygen atoms in total. The summed E-state index contributed by atoms with van der Waals surface area (Å²) in [5.41, 5.74) is 1.85. The zero-order valence-electron chi connectivity index (χ0n) is 16.2. The minimum atomic E-state index is 0.0168. The molecule has 0 atom stereocenters. The molecule has 2 aromatic rings. The molecule has 1 aromatic carbocycles. The second-order valence-corrected chi connectivity index (χ2v) is 7.05. The molecule has 0 unspecified atom stereocenters. The third-order valence-corrected chi connectivity index (χ3v) is 4.57. The first-order chi connectivity index (χ1) is 13.1. The van der Waals surface area contributed by atoms with Gasteiger partial charge < -0.3 is 19.9 Å². The quantitative estimate of drug-likeness (QED) is 0.877. The van der Waals surface area contributed by atoms with Crippen LogP contribution >= 0.6 is 0 Å². The lowest BCUT2D eigenvalue weighted by molar-refractivity contribution is 0.193. The van der Waals surface area contributed by atoms with Crippen molar-refractivity contribution in [1.29, 1.82) is 0 Å². The van der Waals surface area contributed by atoms with Gasteiger partial charge in [-0.15, -0.1) is 0 Å². The van der Waals surface area contributed by atoms with Crippen LogP contribution in [-0.4, -0.2) is 60.7 Å². The fourth-order valence-electron chi connectivity index (χ4n) is 3.00. The molecule has 1 fully saturated rings. The number of piperazine rings is 1. The number of benzene rings is 1. The summed E-state index contributed by atoms with van der Waals surface area (Å²) >= 11 is 0. The maximum Gasteiger partial charge on any atom is 0.317 e. The number of amides is 2. The Kier molecular flexibility index (Phi) is 6.11. The first kappa shape index (κ1) is 18.9. The van der Waals surface area contributed by atoms with Crippen molar-refractivity contribution in [3.8, 4) is 17.0 Å². The molecule has 1 saturated heterocycles. The van der Waals surface area contributed by atoms with Gasteiger partial charge in [-0.3, -0.25) is 0 Å². The largest absolute Gasteiger partial charge is 0.497 e. The fraction of sp³-hybridized carbons (Fsp3) is 0.450. The van der Waals surface area contributed by atoms with Gasteiger partial charge in [-0.05, 0) is 18.1 Å². The third kappa shape index (κ3) is 4.87. The maximum atomic E-state index is 12.2. The van der Waals surface area contributed by atoms with Gasteiger partial charge in [-0.2, -0.15) is 0 Å². The van der Waals surface area contributed by atoms with Gasteiger partial charge in [-0.1, -0.05) is 26.0 Å². The van der Waals surface area contributed by atoms with Crippen LogP contribution in [0.4, 0.5) is 10.6 Å². The molecule has 144 valence electrons. The molecule has 7 heteroatoms. The van der Waals surface area contributed by atoms with E-state index in [0.29, 0.717) is 25.6 Å². The van der Waals surface area contributed by atoms with E-state index in [4.69, 9.17) is 4.74 Å². The molecule has 0 aliphatic carbocycles. The fourth-order valence-corrected chi connectivity index (χ4v) is 3.00. The average Bonchev–Trinajstić information content (AvgIpc) is 2.72. The number of methoxy groups -OCH3 is 1. The summed E-state index contributed by atoms with van der Waals surface area (Å²) in [6, 6.07) is 9.83. The van der Waals surface area contributed by atoms with Gasteiger partial charge in [0.2, 0.25) is 0 Å². The number of rotatable bonds is 5. The molecule has 2 heterocycles. The van der Waals surface area contributed by atoms with Crippen molar-refractivity contribution in [3.05, 3.63) is 36.7 Å². The number of carbonyl (C=O) groups excluding carboxylic acids is 1. The highest BCUT2D eigenvalue weighted by atomic mass is 16.5. The summed E-state index contributed by atoms with van der Waals surface area (Å²) in [5.74, 6) is 2.13. The lowest BCUT2D eigenvalue weighted by atomic mass is 10.1. The van der Waals surface area contributed by atoms with Gasteiger partial charge in [0.15, 0.2) is 0 Å². The number of nitrogens with zero attached hydrogens (tertiary/aromatic N) is 4. The number of nitrogens with one attached hydrogen (secondary N) is 1. The van der Waals surface area contributed by atoms with E-state index in [-0.39, 0.29) is 6.03 Å². The van der Waals surface area contributed by atoms with Gasteiger partial charge >= 0.3 is 6.03 Å². The van der Waals surface area contributed by atoms with Crippen molar-refractivity contribution >= 4 is 11.8 Å². The summed E-state index contributed by atoms with van der Waals surface area (Å²) in [5, 5.41) is 2.98. The Morgan fingerprint density at radius 3 is 2.67 bits per heavy atom. The Labute approximate surface area is 160 Å².